The summed E-state index contributed by atoms with van der Waals surface area (Å²) in [6, 6.07) is 10.3. The van der Waals surface area contributed by atoms with Crippen LogP contribution in [0.2, 0.25) is 0 Å². The zero-order valence-corrected chi connectivity index (χ0v) is 23.8. The Morgan fingerprint density at radius 2 is 1.64 bits per heavy atom. The lowest BCUT2D eigenvalue weighted by Gasteiger charge is -2.45. The van der Waals surface area contributed by atoms with Crippen molar-refractivity contribution in [2.45, 2.75) is 69.0 Å². The van der Waals surface area contributed by atoms with Gasteiger partial charge >= 0.3 is 0 Å². The molecule has 11 nitrogen and oxygen atoms in total. The Balaban J connectivity index is 0.981. The first-order valence-corrected chi connectivity index (χ1v) is 15.2. The first-order chi connectivity index (χ1) is 20.4. The Hall–Kier alpha value is -3.99. The Labute approximate surface area is 245 Å². The minimum Gasteiger partial charge on any atom is -0.507 e. The van der Waals surface area contributed by atoms with Gasteiger partial charge in [-0.15, -0.1) is 10.2 Å². The molecule has 220 valence electrons. The van der Waals surface area contributed by atoms with E-state index < -0.39 is 0 Å². The van der Waals surface area contributed by atoms with E-state index in [1.165, 1.54) is 5.56 Å². The molecule has 11 heteroatoms. The highest BCUT2D eigenvalue weighted by Gasteiger charge is 2.42. The largest absolute Gasteiger partial charge is 0.507 e. The van der Waals surface area contributed by atoms with Crippen LogP contribution in [0.25, 0.3) is 11.3 Å². The molecule has 1 aromatic carbocycles. The number of phenols is 1. The van der Waals surface area contributed by atoms with E-state index in [1.807, 2.05) is 30.6 Å². The second-order valence-electron chi connectivity index (χ2n) is 12.5. The minimum atomic E-state index is -0.175. The van der Waals surface area contributed by atoms with E-state index in [2.05, 4.69) is 24.9 Å². The molecule has 5 N–H and O–H groups in total. The van der Waals surface area contributed by atoms with Gasteiger partial charge in [-0.1, -0.05) is 12.1 Å². The maximum atomic E-state index is 11.2. The predicted molar refractivity (Wildman–Crippen MR) is 161 cm³/mol. The number of rotatable bonds is 7. The number of carbonyl (C=O) groups excluding carboxylic acids is 1. The summed E-state index contributed by atoms with van der Waals surface area (Å²) in [6.07, 6.45) is 11.2. The molecule has 0 spiro atoms. The third-order valence-electron chi connectivity index (χ3n) is 9.91. The molecule has 2 unspecified atom stereocenters. The van der Waals surface area contributed by atoms with Crippen LogP contribution in [0.3, 0.4) is 0 Å². The van der Waals surface area contributed by atoms with Crippen molar-refractivity contribution in [3.63, 3.8) is 0 Å². The molecule has 1 saturated carbocycles. The van der Waals surface area contributed by atoms with Crippen LogP contribution in [0.1, 0.15) is 56.4 Å². The van der Waals surface area contributed by atoms with E-state index in [1.54, 1.807) is 12.1 Å². The van der Waals surface area contributed by atoms with Gasteiger partial charge in [0.25, 0.3) is 0 Å². The molecule has 0 radical (unpaired) electrons. The van der Waals surface area contributed by atoms with Crippen molar-refractivity contribution in [3.05, 3.63) is 48.3 Å². The fourth-order valence-electron chi connectivity index (χ4n) is 7.62. The van der Waals surface area contributed by atoms with Crippen LogP contribution >= 0.6 is 0 Å². The lowest BCUT2D eigenvalue weighted by Crippen LogP contribution is -2.54. The highest BCUT2D eigenvalue weighted by Crippen LogP contribution is 2.40. The van der Waals surface area contributed by atoms with Crippen LogP contribution in [0.4, 0.5) is 17.5 Å². The van der Waals surface area contributed by atoms with Crippen molar-refractivity contribution in [1.29, 1.82) is 0 Å². The molecule has 1 aliphatic carbocycles. The zero-order valence-electron chi connectivity index (χ0n) is 23.8. The van der Waals surface area contributed by atoms with Crippen molar-refractivity contribution < 1.29 is 9.90 Å². The highest BCUT2D eigenvalue weighted by molar-refractivity contribution is 5.75. The molecule has 2 aromatic heterocycles. The van der Waals surface area contributed by atoms with E-state index in [4.69, 9.17) is 21.4 Å². The second kappa shape index (κ2) is 11.0. The van der Waals surface area contributed by atoms with Crippen molar-refractivity contribution in [2.24, 2.45) is 11.7 Å². The SMILES string of the molecule is NC(=O)CC1CC(N2CCC(c3cnc(N4C5CCC4CN(c4cc(-c6ccccc6O)nnc4N)C5)nc3)CC2)C1. The topological polar surface area (TPSA) is 151 Å². The molecule has 4 fully saturated rings. The number of primary amides is 1. The summed E-state index contributed by atoms with van der Waals surface area (Å²) in [5.74, 6) is 2.18. The molecule has 3 saturated heterocycles. The van der Waals surface area contributed by atoms with Gasteiger partial charge in [0.05, 0.1) is 11.4 Å². The Morgan fingerprint density at radius 3 is 2.31 bits per heavy atom. The van der Waals surface area contributed by atoms with Crippen molar-refractivity contribution >= 4 is 23.4 Å². The molecule has 2 bridgehead atoms. The van der Waals surface area contributed by atoms with Crippen LogP contribution in [0.5, 0.6) is 5.75 Å². The van der Waals surface area contributed by atoms with Gasteiger partial charge in [-0.05, 0) is 87.2 Å². The number of fused-ring (bicyclic) bond motifs is 2. The molecular weight excluding hydrogens is 530 g/mol. The lowest BCUT2D eigenvalue weighted by atomic mass is 9.76. The van der Waals surface area contributed by atoms with Crippen LogP contribution in [0, 0.1) is 5.92 Å². The molecule has 4 aliphatic rings. The molecule has 2 atom stereocenters. The van der Waals surface area contributed by atoms with Crippen molar-refractivity contribution in [3.8, 4) is 17.0 Å². The normalized spacial score (nSPS) is 26.3. The number of aromatic hydroxyl groups is 1. The maximum Gasteiger partial charge on any atom is 0.225 e. The number of para-hydroxylation sites is 1. The summed E-state index contributed by atoms with van der Waals surface area (Å²) in [5.41, 5.74) is 15.0. The highest BCUT2D eigenvalue weighted by atomic mass is 16.3. The monoisotopic (exact) mass is 569 g/mol. The first kappa shape index (κ1) is 26.9. The summed E-state index contributed by atoms with van der Waals surface area (Å²) in [4.78, 5) is 28.2. The van der Waals surface area contributed by atoms with Crippen LogP contribution in [0.15, 0.2) is 42.7 Å². The number of nitrogen functional groups attached to an aromatic ring is 1. The fraction of sp³-hybridized carbons (Fsp3) is 0.516. The number of amides is 1. The standard InChI is InChI=1S/C31H39N9O2/c32-29(42)13-19-11-24(12-19)38-9-7-20(8-10-38)21-15-34-31(35-16-21)40-22-5-6-23(40)18-39(17-22)27-14-26(36-37-30(27)33)25-3-1-2-4-28(25)41/h1-4,14-16,19-20,22-24,41H,5-13,17-18H2,(H2,32,42)(H2,33,37). The number of benzene rings is 1. The summed E-state index contributed by atoms with van der Waals surface area (Å²) >= 11 is 0. The molecule has 5 heterocycles. The smallest absolute Gasteiger partial charge is 0.225 e. The van der Waals surface area contributed by atoms with Crippen LogP contribution < -0.4 is 21.3 Å². The Bertz CT molecular complexity index is 1420. The average molecular weight is 570 g/mol. The van der Waals surface area contributed by atoms with E-state index >= 15 is 0 Å². The predicted octanol–water partition coefficient (Wildman–Crippen LogP) is 2.91. The van der Waals surface area contributed by atoms with Crippen LogP contribution in [-0.2, 0) is 4.79 Å². The summed E-state index contributed by atoms with van der Waals surface area (Å²) in [7, 11) is 0. The van der Waals surface area contributed by atoms with Crippen LogP contribution in [-0.4, -0.2) is 80.4 Å². The number of phenolic OH excluding ortho intramolecular Hbond substituents is 1. The van der Waals surface area contributed by atoms with Gasteiger partial charge in [-0.2, -0.15) is 0 Å². The molecule has 1 amide bonds. The number of piperidine rings is 1. The quantitative estimate of drug-likeness (QED) is 0.387. The van der Waals surface area contributed by atoms with Gasteiger partial charge in [0.1, 0.15) is 5.75 Å². The number of aromatic nitrogens is 4. The lowest BCUT2D eigenvalue weighted by molar-refractivity contribution is -0.120. The summed E-state index contributed by atoms with van der Waals surface area (Å²) < 4.78 is 0. The number of likely N-dealkylation sites (tertiary alicyclic amines) is 1. The third-order valence-corrected chi connectivity index (χ3v) is 9.91. The van der Waals surface area contributed by atoms with E-state index in [-0.39, 0.29) is 11.7 Å². The number of hydrogen-bond donors (Lipinski definition) is 3. The number of anilines is 3. The van der Waals surface area contributed by atoms with E-state index in [0.717, 1.165) is 76.3 Å². The van der Waals surface area contributed by atoms with Gasteiger partial charge in [0.2, 0.25) is 11.9 Å². The summed E-state index contributed by atoms with van der Waals surface area (Å²) in [6.45, 7) is 3.78. The minimum absolute atomic E-state index is 0.173. The second-order valence-corrected chi connectivity index (χ2v) is 12.5. The van der Waals surface area contributed by atoms with Gasteiger partial charge in [-0.25, -0.2) is 9.97 Å². The number of piperazine rings is 1. The third kappa shape index (κ3) is 5.10. The van der Waals surface area contributed by atoms with Crippen molar-refractivity contribution in [2.75, 3.05) is 41.7 Å². The number of nitrogens with zero attached hydrogens (tertiary/aromatic N) is 7. The zero-order chi connectivity index (χ0) is 28.8. The van der Waals surface area contributed by atoms with E-state index in [0.29, 0.717) is 53.5 Å². The van der Waals surface area contributed by atoms with Gasteiger partial charge in [-0.3, -0.25) is 4.79 Å². The van der Waals surface area contributed by atoms with Crippen molar-refractivity contribution in [1.82, 2.24) is 25.1 Å². The van der Waals surface area contributed by atoms with Gasteiger partial charge in [0, 0.05) is 55.6 Å². The first-order valence-electron chi connectivity index (χ1n) is 15.2. The Kier molecular flexibility index (Phi) is 7.05. The van der Waals surface area contributed by atoms with Gasteiger partial charge < -0.3 is 31.3 Å². The number of nitrogens with two attached hydrogens (primary N) is 2. The molecular formula is C31H39N9O2. The number of hydrogen-bond acceptors (Lipinski definition) is 10. The molecule has 7 rings (SSSR count). The van der Waals surface area contributed by atoms with Gasteiger partial charge in [0.15, 0.2) is 5.82 Å². The number of carbonyl (C=O) groups is 1. The van der Waals surface area contributed by atoms with E-state index in [9.17, 15) is 9.90 Å². The molecule has 3 aromatic rings. The Morgan fingerprint density at radius 1 is 0.952 bits per heavy atom. The fourth-order valence-corrected chi connectivity index (χ4v) is 7.62. The average Bonchev–Trinajstić information content (AvgIpc) is 3.24. The summed E-state index contributed by atoms with van der Waals surface area (Å²) in [5, 5.41) is 18.8. The molecule has 42 heavy (non-hydrogen) atoms. The maximum absolute atomic E-state index is 11.2. The molecule has 3 aliphatic heterocycles.